The number of carbonyl (C=O) groups excluding carboxylic acids is 1. The van der Waals surface area contributed by atoms with Gasteiger partial charge in [-0.25, -0.2) is 4.98 Å². The van der Waals surface area contributed by atoms with Crippen LogP contribution in [0.15, 0.2) is 22.9 Å². The number of aryl methyl sites for hydroxylation is 1. The second-order valence-electron chi connectivity index (χ2n) is 7.78. The van der Waals surface area contributed by atoms with Crippen LogP contribution >= 0.6 is 0 Å². The Kier molecular flexibility index (Phi) is 6.08. The van der Waals surface area contributed by atoms with Gasteiger partial charge in [-0.3, -0.25) is 4.79 Å². The molecule has 1 amide bonds. The molecule has 8 heteroatoms. The summed E-state index contributed by atoms with van der Waals surface area (Å²) in [5.41, 5.74) is 0.862. The second kappa shape index (κ2) is 8.90. The third kappa shape index (κ3) is 4.27. The third-order valence-corrected chi connectivity index (χ3v) is 6.00. The Morgan fingerprint density at radius 1 is 1.21 bits per heavy atom. The van der Waals surface area contributed by atoms with Crippen LogP contribution in [0.1, 0.15) is 32.6 Å². The summed E-state index contributed by atoms with van der Waals surface area (Å²) in [5, 5.41) is 4.12. The molecule has 2 aromatic heterocycles. The summed E-state index contributed by atoms with van der Waals surface area (Å²) in [6, 6.07) is 3.86. The molecule has 2 aliphatic heterocycles. The maximum absolute atomic E-state index is 13.1. The number of rotatable bonds is 5. The number of carbonyl (C=O) groups is 1. The van der Waals surface area contributed by atoms with Gasteiger partial charge in [-0.2, -0.15) is 4.98 Å². The van der Waals surface area contributed by atoms with E-state index in [9.17, 15) is 4.79 Å². The Bertz CT molecular complexity index is 830. The Morgan fingerprint density at radius 3 is 2.76 bits per heavy atom. The van der Waals surface area contributed by atoms with Crippen LogP contribution < -0.4 is 4.90 Å². The summed E-state index contributed by atoms with van der Waals surface area (Å²) in [4.78, 5) is 28.9. The number of hydrogen-bond acceptors (Lipinski definition) is 7. The molecule has 0 spiro atoms. The molecule has 8 nitrogen and oxygen atoms in total. The zero-order chi connectivity index (χ0) is 20.2. The molecule has 1 atom stereocenters. The molecule has 2 aliphatic rings. The molecule has 156 valence electrons. The Hall–Kier alpha value is -2.48. The van der Waals surface area contributed by atoms with E-state index in [0.29, 0.717) is 24.7 Å². The van der Waals surface area contributed by atoms with Gasteiger partial charge in [-0.05, 0) is 31.5 Å². The number of pyridine rings is 1. The second-order valence-corrected chi connectivity index (χ2v) is 7.78. The molecule has 0 unspecified atom stereocenters. The largest absolute Gasteiger partial charge is 0.355 e. The summed E-state index contributed by atoms with van der Waals surface area (Å²) < 4.78 is 5.29. The fraction of sp³-hybridized carbons (Fsp3) is 0.619. The highest BCUT2D eigenvalue weighted by atomic mass is 16.5. The summed E-state index contributed by atoms with van der Waals surface area (Å²) >= 11 is 0. The predicted molar refractivity (Wildman–Crippen MR) is 111 cm³/mol. The van der Waals surface area contributed by atoms with Gasteiger partial charge in [0, 0.05) is 51.9 Å². The molecule has 4 heterocycles. The molecule has 0 aliphatic carbocycles. The molecule has 4 rings (SSSR count). The van der Waals surface area contributed by atoms with Crippen LogP contribution in [0.4, 0.5) is 5.82 Å². The number of likely N-dealkylation sites (N-methyl/N-ethyl adjacent to an activating group) is 1. The highest BCUT2D eigenvalue weighted by Gasteiger charge is 2.32. The van der Waals surface area contributed by atoms with Gasteiger partial charge < -0.3 is 19.2 Å². The van der Waals surface area contributed by atoms with Crippen LogP contribution in [0.25, 0.3) is 11.4 Å². The first-order valence-electron chi connectivity index (χ1n) is 10.7. The quantitative estimate of drug-likeness (QED) is 0.763. The van der Waals surface area contributed by atoms with Crippen LogP contribution in [0.5, 0.6) is 0 Å². The minimum atomic E-state index is 0.0169. The van der Waals surface area contributed by atoms with Crippen LogP contribution in [-0.4, -0.2) is 76.6 Å². The van der Waals surface area contributed by atoms with Gasteiger partial charge in [0.1, 0.15) is 5.82 Å². The normalized spacial score (nSPS) is 20.8. The molecule has 2 fully saturated rings. The number of piperidine rings is 1. The lowest BCUT2D eigenvalue weighted by Gasteiger charge is -2.39. The maximum atomic E-state index is 13.1. The van der Waals surface area contributed by atoms with Crippen LogP contribution in [0.3, 0.4) is 0 Å². The monoisotopic (exact) mass is 398 g/mol. The van der Waals surface area contributed by atoms with Gasteiger partial charge >= 0.3 is 0 Å². The van der Waals surface area contributed by atoms with Gasteiger partial charge in [0.2, 0.25) is 17.6 Å². The molecule has 0 radical (unpaired) electrons. The predicted octanol–water partition coefficient (Wildman–Crippen LogP) is 2.07. The van der Waals surface area contributed by atoms with Crippen molar-refractivity contribution in [2.45, 2.75) is 33.1 Å². The zero-order valence-electron chi connectivity index (χ0n) is 17.4. The average molecular weight is 399 g/mol. The van der Waals surface area contributed by atoms with Crippen molar-refractivity contribution in [1.82, 2.24) is 24.9 Å². The standard InChI is InChI=1S/C21H30N6O2/c1-3-18-23-19(24-29-18)17-8-5-9-22-20(17)27-10-6-7-16(15-27)21(28)26-13-11-25(4-2)12-14-26/h5,8-9,16H,3-4,6-7,10-15H2,1-2H3/t16-/m0/s1. The SMILES string of the molecule is CCc1nc(-c2cccnc2N2CCC[C@H](C(=O)N3CCN(CC)CC3)C2)no1. The van der Waals surface area contributed by atoms with Crippen molar-refractivity contribution in [1.29, 1.82) is 0 Å². The lowest BCUT2D eigenvalue weighted by molar-refractivity contribution is -0.137. The van der Waals surface area contributed by atoms with Crippen molar-refractivity contribution in [3.8, 4) is 11.4 Å². The van der Waals surface area contributed by atoms with Gasteiger partial charge in [0.15, 0.2) is 0 Å². The lowest BCUT2D eigenvalue weighted by Crippen LogP contribution is -2.52. The molecular weight excluding hydrogens is 368 g/mol. The fourth-order valence-corrected chi connectivity index (χ4v) is 4.25. The Labute approximate surface area is 171 Å². The van der Waals surface area contributed by atoms with Crippen molar-refractivity contribution in [3.05, 3.63) is 24.2 Å². The first-order valence-corrected chi connectivity index (χ1v) is 10.7. The van der Waals surface area contributed by atoms with Gasteiger partial charge in [0.25, 0.3) is 0 Å². The van der Waals surface area contributed by atoms with E-state index in [2.05, 4.69) is 31.8 Å². The Balaban J connectivity index is 1.48. The number of aromatic nitrogens is 3. The van der Waals surface area contributed by atoms with E-state index in [1.165, 1.54) is 0 Å². The first-order chi connectivity index (χ1) is 14.2. The van der Waals surface area contributed by atoms with E-state index in [1.807, 2.05) is 24.0 Å². The van der Waals surface area contributed by atoms with Crippen LogP contribution in [0.2, 0.25) is 0 Å². The molecule has 0 aromatic carbocycles. The molecule has 0 N–H and O–H groups in total. The van der Waals surface area contributed by atoms with Gasteiger partial charge in [-0.15, -0.1) is 0 Å². The molecule has 29 heavy (non-hydrogen) atoms. The summed E-state index contributed by atoms with van der Waals surface area (Å²) in [6.07, 6.45) is 4.41. The van der Waals surface area contributed by atoms with Gasteiger partial charge in [-0.1, -0.05) is 19.0 Å². The molecule has 2 saturated heterocycles. The van der Waals surface area contributed by atoms with Crippen molar-refractivity contribution in [3.63, 3.8) is 0 Å². The maximum Gasteiger partial charge on any atom is 0.227 e. The van der Waals surface area contributed by atoms with E-state index in [1.54, 1.807) is 6.20 Å². The highest BCUT2D eigenvalue weighted by molar-refractivity contribution is 5.80. The van der Waals surface area contributed by atoms with E-state index in [0.717, 1.165) is 63.5 Å². The third-order valence-electron chi connectivity index (χ3n) is 6.00. The van der Waals surface area contributed by atoms with E-state index in [4.69, 9.17) is 4.52 Å². The van der Waals surface area contributed by atoms with Crippen molar-refractivity contribution in [2.24, 2.45) is 5.92 Å². The molecule has 2 aromatic rings. The average Bonchev–Trinajstić information content (AvgIpc) is 3.28. The highest BCUT2D eigenvalue weighted by Crippen LogP contribution is 2.30. The minimum Gasteiger partial charge on any atom is -0.355 e. The van der Waals surface area contributed by atoms with Crippen molar-refractivity contribution < 1.29 is 9.32 Å². The van der Waals surface area contributed by atoms with E-state index >= 15 is 0 Å². The summed E-state index contributed by atoms with van der Waals surface area (Å²) in [5.74, 6) is 2.32. The smallest absolute Gasteiger partial charge is 0.227 e. The first kappa shape index (κ1) is 19.8. The summed E-state index contributed by atoms with van der Waals surface area (Å²) in [7, 11) is 0. The molecule has 0 bridgehead atoms. The summed E-state index contributed by atoms with van der Waals surface area (Å²) in [6.45, 7) is 10.4. The van der Waals surface area contributed by atoms with Crippen molar-refractivity contribution in [2.75, 3.05) is 50.7 Å². The van der Waals surface area contributed by atoms with E-state index in [-0.39, 0.29) is 11.8 Å². The Morgan fingerprint density at radius 2 is 2.03 bits per heavy atom. The number of hydrogen-bond donors (Lipinski definition) is 0. The number of amides is 1. The van der Waals surface area contributed by atoms with Crippen LogP contribution in [-0.2, 0) is 11.2 Å². The lowest BCUT2D eigenvalue weighted by atomic mass is 9.95. The fourth-order valence-electron chi connectivity index (χ4n) is 4.25. The van der Waals surface area contributed by atoms with Crippen LogP contribution in [0, 0.1) is 5.92 Å². The van der Waals surface area contributed by atoms with Gasteiger partial charge in [0.05, 0.1) is 11.5 Å². The van der Waals surface area contributed by atoms with E-state index < -0.39 is 0 Å². The molecule has 0 saturated carbocycles. The number of anilines is 1. The minimum absolute atomic E-state index is 0.0169. The number of piperazine rings is 1. The number of nitrogens with zero attached hydrogens (tertiary/aromatic N) is 6. The van der Waals surface area contributed by atoms with Crippen molar-refractivity contribution >= 4 is 11.7 Å². The molecular formula is C21H30N6O2. The zero-order valence-corrected chi connectivity index (χ0v) is 17.4. The topological polar surface area (TPSA) is 78.6 Å².